The maximum atomic E-state index is 12.9. The normalized spacial score (nSPS) is 22.9. The summed E-state index contributed by atoms with van der Waals surface area (Å²) < 4.78 is 5.42. The van der Waals surface area contributed by atoms with Crippen LogP contribution in [0.4, 0.5) is 0 Å². The van der Waals surface area contributed by atoms with Crippen molar-refractivity contribution < 1.29 is 9.53 Å². The number of Topliss-reactive ketones (excluding diaryl/α,β-unsaturated/α-hetero) is 1. The molecule has 1 heterocycles. The Morgan fingerprint density at radius 1 is 1.24 bits per heavy atom. The van der Waals surface area contributed by atoms with Gasteiger partial charge in [0.05, 0.1) is 11.5 Å². The van der Waals surface area contributed by atoms with Gasteiger partial charge in [-0.1, -0.05) is 25.5 Å². The van der Waals surface area contributed by atoms with Gasteiger partial charge in [-0.05, 0) is 73.9 Å². The van der Waals surface area contributed by atoms with Crippen LogP contribution in [-0.2, 0) is 16.0 Å². The first-order chi connectivity index (χ1) is 12.1. The van der Waals surface area contributed by atoms with E-state index in [1.807, 2.05) is 12.2 Å². The summed E-state index contributed by atoms with van der Waals surface area (Å²) in [6.45, 7) is 4.27. The van der Waals surface area contributed by atoms with Crippen molar-refractivity contribution in [2.75, 3.05) is 7.11 Å². The first kappa shape index (κ1) is 18.1. The third kappa shape index (κ3) is 4.09. The number of ketones is 1. The molecule has 1 aromatic rings. The number of rotatable bonds is 5. The third-order valence-electron chi connectivity index (χ3n) is 5.58. The van der Waals surface area contributed by atoms with Gasteiger partial charge in [0.15, 0.2) is 5.78 Å². The van der Waals surface area contributed by atoms with Gasteiger partial charge in [-0.2, -0.15) is 0 Å². The Kier molecular flexibility index (Phi) is 5.85. The van der Waals surface area contributed by atoms with Crippen molar-refractivity contribution in [3.8, 4) is 0 Å². The first-order valence-electron chi connectivity index (χ1n) is 9.57. The standard InChI is InChI=1S/C22H29NO2/c1-4-5-18-14-19-7-6-16(10-13-21(19)23-15(18)2)22(24)17-8-11-20(25-3)12-9-17/h7,10,13-14,17,20H,4-6,8-9,11-12H2,1-3H3. The Hall–Kier alpha value is -1.74. The molecule has 0 unspecified atom stereocenters. The van der Waals surface area contributed by atoms with Crippen molar-refractivity contribution in [3.63, 3.8) is 0 Å². The zero-order valence-electron chi connectivity index (χ0n) is 15.7. The fraction of sp³-hybridized carbons (Fsp3) is 0.545. The Morgan fingerprint density at radius 3 is 2.68 bits per heavy atom. The lowest BCUT2D eigenvalue weighted by Gasteiger charge is -2.27. The zero-order chi connectivity index (χ0) is 17.8. The van der Waals surface area contributed by atoms with E-state index < -0.39 is 0 Å². The summed E-state index contributed by atoms with van der Waals surface area (Å²) >= 11 is 0. The van der Waals surface area contributed by atoms with Gasteiger partial charge in [-0.3, -0.25) is 9.78 Å². The fourth-order valence-corrected chi connectivity index (χ4v) is 3.98. The summed E-state index contributed by atoms with van der Waals surface area (Å²) in [5.74, 6) is 0.478. The summed E-state index contributed by atoms with van der Waals surface area (Å²) in [7, 11) is 1.77. The number of hydrogen-bond donors (Lipinski definition) is 0. The molecule has 0 aromatic carbocycles. The van der Waals surface area contributed by atoms with Gasteiger partial charge >= 0.3 is 0 Å². The van der Waals surface area contributed by atoms with Crippen molar-refractivity contribution in [1.82, 2.24) is 4.98 Å². The molecule has 0 amide bonds. The first-order valence-corrected chi connectivity index (χ1v) is 9.57. The Labute approximate surface area is 150 Å². The van der Waals surface area contributed by atoms with Crippen LogP contribution >= 0.6 is 0 Å². The maximum Gasteiger partial charge on any atom is 0.162 e. The van der Waals surface area contributed by atoms with E-state index in [-0.39, 0.29) is 5.92 Å². The van der Waals surface area contributed by atoms with Crippen LogP contribution in [0.1, 0.15) is 56.7 Å². The number of hydrogen-bond acceptors (Lipinski definition) is 3. The van der Waals surface area contributed by atoms with Crippen molar-refractivity contribution in [2.24, 2.45) is 5.92 Å². The van der Waals surface area contributed by atoms with Crippen LogP contribution in [0.3, 0.4) is 0 Å². The van der Waals surface area contributed by atoms with Gasteiger partial charge in [0.1, 0.15) is 0 Å². The average molecular weight is 339 g/mol. The van der Waals surface area contributed by atoms with Crippen LogP contribution in [0.25, 0.3) is 12.2 Å². The highest BCUT2D eigenvalue weighted by Gasteiger charge is 2.27. The topological polar surface area (TPSA) is 39.2 Å². The van der Waals surface area contributed by atoms with Crippen LogP contribution < -0.4 is 10.6 Å². The monoisotopic (exact) mass is 339 g/mol. The molecule has 134 valence electrons. The molecule has 0 aliphatic heterocycles. The minimum atomic E-state index is 0.158. The number of aryl methyl sites for hydroxylation is 2. The summed E-state index contributed by atoms with van der Waals surface area (Å²) in [5, 5.41) is 2.15. The van der Waals surface area contributed by atoms with Gasteiger partial charge in [-0.25, -0.2) is 0 Å². The lowest BCUT2D eigenvalue weighted by Crippen LogP contribution is -2.29. The van der Waals surface area contributed by atoms with E-state index in [0.29, 0.717) is 18.3 Å². The van der Waals surface area contributed by atoms with E-state index in [4.69, 9.17) is 9.72 Å². The number of ether oxygens (including phenoxy) is 1. The third-order valence-corrected chi connectivity index (χ3v) is 5.58. The van der Waals surface area contributed by atoms with E-state index in [1.165, 1.54) is 5.56 Å². The zero-order valence-corrected chi connectivity index (χ0v) is 15.7. The Bertz CT molecular complexity index is 783. The Balaban J connectivity index is 1.79. The molecule has 2 aliphatic carbocycles. The summed E-state index contributed by atoms with van der Waals surface area (Å²) in [4.78, 5) is 17.7. The summed E-state index contributed by atoms with van der Waals surface area (Å²) in [6.07, 6.45) is 13.3. The van der Waals surface area contributed by atoms with Gasteiger partial charge in [0.2, 0.25) is 0 Å². The summed E-state index contributed by atoms with van der Waals surface area (Å²) in [6, 6.07) is 2.25. The highest BCUT2D eigenvalue weighted by atomic mass is 16.5. The summed E-state index contributed by atoms with van der Waals surface area (Å²) in [5.41, 5.74) is 3.35. The minimum Gasteiger partial charge on any atom is -0.381 e. The van der Waals surface area contributed by atoms with Gasteiger partial charge in [-0.15, -0.1) is 0 Å². The number of carbonyl (C=O) groups excluding carboxylic acids is 1. The van der Waals surface area contributed by atoms with Crippen LogP contribution in [0.2, 0.25) is 0 Å². The molecule has 1 aromatic heterocycles. The molecule has 3 heteroatoms. The number of pyridine rings is 1. The van der Waals surface area contributed by atoms with Crippen LogP contribution in [-0.4, -0.2) is 24.0 Å². The second kappa shape index (κ2) is 8.09. The van der Waals surface area contributed by atoms with E-state index >= 15 is 0 Å². The van der Waals surface area contributed by atoms with Crippen LogP contribution in [0, 0.1) is 12.8 Å². The van der Waals surface area contributed by atoms with Gasteiger partial charge in [0, 0.05) is 18.7 Å². The second-order valence-electron chi connectivity index (χ2n) is 7.30. The van der Waals surface area contributed by atoms with Gasteiger partial charge in [0.25, 0.3) is 0 Å². The van der Waals surface area contributed by atoms with Crippen LogP contribution in [0.5, 0.6) is 0 Å². The number of fused-ring (bicyclic) bond motifs is 1. The lowest BCUT2D eigenvalue weighted by molar-refractivity contribution is -0.120. The molecule has 2 aliphatic rings. The average Bonchev–Trinajstić information content (AvgIpc) is 2.84. The number of allylic oxidation sites excluding steroid dienone is 2. The van der Waals surface area contributed by atoms with Gasteiger partial charge < -0.3 is 4.74 Å². The van der Waals surface area contributed by atoms with Crippen molar-refractivity contribution in [2.45, 2.75) is 64.9 Å². The number of carbonyl (C=O) groups is 1. The van der Waals surface area contributed by atoms with E-state index in [9.17, 15) is 4.79 Å². The van der Waals surface area contributed by atoms with Crippen molar-refractivity contribution >= 4 is 17.9 Å². The Morgan fingerprint density at radius 2 is 2.00 bits per heavy atom. The quantitative estimate of drug-likeness (QED) is 0.828. The number of methoxy groups -OCH3 is 1. The lowest BCUT2D eigenvalue weighted by atomic mass is 9.81. The minimum absolute atomic E-state index is 0.158. The molecule has 25 heavy (non-hydrogen) atoms. The van der Waals surface area contributed by atoms with E-state index in [0.717, 1.165) is 60.4 Å². The largest absolute Gasteiger partial charge is 0.381 e. The molecule has 0 spiro atoms. The maximum absolute atomic E-state index is 12.9. The number of aromatic nitrogens is 1. The molecular formula is C22H29NO2. The van der Waals surface area contributed by atoms with Crippen LogP contribution in [0.15, 0.2) is 17.7 Å². The molecule has 3 nitrogen and oxygen atoms in total. The molecule has 0 bridgehead atoms. The molecular weight excluding hydrogens is 310 g/mol. The molecule has 1 fully saturated rings. The molecule has 0 N–H and O–H groups in total. The van der Waals surface area contributed by atoms with Crippen molar-refractivity contribution in [3.05, 3.63) is 39.5 Å². The predicted molar refractivity (Wildman–Crippen MR) is 102 cm³/mol. The van der Waals surface area contributed by atoms with Crippen molar-refractivity contribution in [1.29, 1.82) is 0 Å². The highest BCUT2D eigenvalue weighted by molar-refractivity contribution is 5.99. The second-order valence-corrected chi connectivity index (χ2v) is 7.30. The van der Waals surface area contributed by atoms with E-state index in [2.05, 4.69) is 26.0 Å². The molecule has 0 radical (unpaired) electrons. The SMILES string of the molecule is CCCc1cc2c(nc1C)=CC=C(C(=O)C1CCC(OC)CC1)CC=2. The molecule has 0 atom stereocenters. The predicted octanol–water partition coefficient (Wildman–Crippen LogP) is 3.01. The number of nitrogens with zero attached hydrogens (tertiary/aromatic N) is 1. The van der Waals surface area contributed by atoms with E-state index in [1.54, 1.807) is 7.11 Å². The highest BCUT2D eigenvalue weighted by Crippen LogP contribution is 2.29. The smallest absolute Gasteiger partial charge is 0.162 e. The fourth-order valence-electron chi connectivity index (χ4n) is 3.98. The molecule has 3 rings (SSSR count). The molecule has 1 saturated carbocycles. The molecule has 0 saturated heterocycles.